The Morgan fingerprint density at radius 1 is 1.19 bits per heavy atom. The number of aryl methyl sites for hydroxylation is 1. The van der Waals surface area contributed by atoms with E-state index in [0.717, 1.165) is 52.5 Å². The minimum Gasteiger partial charge on any atom is -0.312 e. The van der Waals surface area contributed by atoms with Crippen molar-refractivity contribution in [3.63, 3.8) is 0 Å². The van der Waals surface area contributed by atoms with Crippen molar-refractivity contribution in [1.82, 2.24) is 4.98 Å². The monoisotopic (exact) mass is 437 g/mol. The fraction of sp³-hybridized carbons (Fsp3) is 0.222. The van der Waals surface area contributed by atoms with Gasteiger partial charge in [-0.15, -0.1) is 11.3 Å². The second kappa shape index (κ2) is 8.22. The molecular formula is C27H23N3OS. The van der Waals surface area contributed by atoms with E-state index in [0.29, 0.717) is 22.0 Å². The van der Waals surface area contributed by atoms with Gasteiger partial charge in [-0.2, -0.15) is 5.26 Å². The highest BCUT2D eigenvalue weighted by molar-refractivity contribution is 7.16. The molecule has 158 valence electrons. The summed E-state index contributed by atoms with van der Waals surface area (Å²) in [6, 6.07) is 19.9. The molecule has 1 atom stereocenters. The van der Waals surface area contributed by atoms with Crippen LogP contribution >= 0.6 is 11.3 Å². The first kappa shape index (κ1) is 20.4. The third kappa shape index (κ3) is 3.57. The molecular weight excluding hydrogens is 414 g/mol. The number of carbonyl (C=O) groups is 1. The second-order valence-electron chi connectivity index (χ2n) is 8.51. The van der Waals surface area contributed by atoms with E-state index in [9.17, 15) is 10.1 Å². The molecule has 0 fully saturated rings. The number of anilines is 1. The van der Waals surface area contributed by atoms with E-state index >= 15 is 0 Å². The fourth-order valence-electron chi connectivity index (χ4n) is 4.49. The molecule has 4 aromatic rings. The first-order valence-electron chi connectivity index (χ1n) is 10.9. The third-order valence-corrected chi connectivity index (χ3v) is 7.40. The molecule has 32 heavy (non-hydrogen) atoms. The number of aromatic nitrogens is 1. The summed E-state index contributed by atoms with van der Waals surface area (Å²) in [7, 11) is 0. The van der Waals surface area contributed by atoms with Crippen LogP contribution in [-0.4, -0.2) is 10.9 Å². The van der Waals surface area contributed by atoms with Crippen molar-refractivity contribution in [3.8, 4) is 17.3 Å². The molecule has 0 aliphatic heterocycles. The van der Waals surface area contributed by atoms with Crippen LogP contribution in [0.5, 0.6) is 0 Å². The van der Waals surface area contributed by atoms with Crippen molar-refractivity contribution >= 4 is 33.1 Å². The molecule has 0 radical (unpaired) electrons. The van der Waals surface area contributed by atoms with E-state index in [4.69, 9.17) is 4.98 Å². The van der Waals surface area contributed by atoms with Gasteiger partial charge in [0.05, 0.1) is 22.3 Å². The molecule has 0 spiro atoms. The predicted octanol–water partition coefficient (Wildman–Crippen LogP) is 6.52. The zero-order chi connectivity index (χ0) is 22.2. The molecule has 1 amide bonds. The quantitative estimate of drug-likeness (QED) is 0.397. The van der Waals surface area contributed by atoms with Gasteiger partial charge in [0.1, 0.15) is 11.1 Å². The summed E-state index contributed by atoms with van der Waals surface area (Å²) in [6.45, 7) is 4.28. The summed E-state index contributed by atoms with van der Waals surface area (Å²) in [5.41, 5.74) is 5.97. The predicted molar refractivity (Wildman–Crippen MR) is 130 cm³/mol. The van der Waals surface area contributed by atoms with E-state index in [2.05, 4.69) is 18.3 Å². The van der Waals surface area contributed by atoms with Crippen molar-refractivity contribution in [2.75, 3.05) is 5.32 Å². The van der Waals surface area contributed by atoms with Gasteiger partial charge in [-0.25, -0.2) is 4.98 Å². The lowest BCUT2D eigenvalue weighted by molar-refractivity contribution is 0.102. The summed E-state index contributed by atoms with van der Waals surface area (Å²) in [6.07, 6.45) is 2.96. The molecule has 1 N–H and O–H groups in total. The number of thiophene rings is 1. The van der Waals surface area contributed by atoms with Gasteiger partial charge in [0.2, 0.25) is 0 Å². The molecule has 0 saturated heterocycles. The van der Waals surface area contributed by atoms with Crippen LogP contribution in [0.15, 0.2) is 54.6 Å². The number of fused-ring (bicyclic) bond motifs is 2. The van der Waals surface area contributed by atoms with Crippen LogP contribution in [0.1, 0.15) is 45.3 Å². The summed E-state index contributed by atoms with van der Waals surface area (Å²) in [5.74, 6) is 0.402. The third-order valence-electron chi connectivity index (χ3n) is 6.23. The Hall–Kier alpha value is -3.49. The second-order valence-corrected chi connectivity index (χ2v) is 9.61. The zero-order valence-corrected chi connectivity index (χ0v) is 18.9. The van der Waals surface area contributed by atoms with Crippen molar-refractivity contribution in [1.29, 1.82) is 5.26 Å². The van der Waals surface area contributed by atoms with Gasteiger partial charge < -0.3 is 5.32 Å². The van der Waals surface area contributed by atoms with Crippen LogP contribution in [0, 0.1) is 24.2 Å². The molecule has 4 nitrogen and oxygen atoms in total. The van der Waals surface area contributed by atoms with Gasteiger partial charge in [0, 0.05) is 15.8 Å². The molecule has 2 aromatic carbocycles. The number of hydrogen-bond donors (Lipinski definition) is 1. The maximum Gasteiger partial charge on any atom is 0.257 e. The Kier molecular flexibility index (Phi) is 5.24. The maximum absolute atomic E-state index is 13.5. The van der Waals surface area contributed by atoms with Crippen molar-refractivity contribution < 1.29 is 4.79 Å². The van der Waals surface area contributed by atoms with Crippen LogP contribution < -0.4 is 5.32 Å². The van der Waals surface area contributed by atoms with E-state index in [1.54, 1.807) is 11.3 Å². The molecule has 0 bridgehead atoms. The minimum atomic E-state index is -0.207. The number of carbonyl (C=O) groups excluding carboxylic acids is 1. The lowest BCUT2D eigenvalue weighted by Crippen LogP contribution is -2.13. The lowest BCUT2D eigenvalue weighted by Gasteiger charge is -2.17. The number of amides is 1. The number of nitriles is 1. The number of benzene rings is 2. The van der Waals surface area contributed by atoms with E-state index in [1.807, 2.05) is 61.5 Å². The van der Waals surface area contributed by atoms with Crippen LogP contribution in [0.2, 0.25) is 0 Å². The van der Waals surface area contributed by atoms with Gasteiger partial charge >= 0.3 is 0 Å². The molecule has 2 aromatic heterocycles. The van der Waals surface area contributed by atoms with Crippen LogP contribution in [-0.2, 0) is 12.8 Å². The van der Waals surface area contributed by atoms with Crippen LogP contribution in [0.25, 0.3) is 22.2 Å². The molecule has 1 unspecified atom stereocenters. The Morgan fingerprint density at radius 2 is 1.97 bits per heavy atom. The smallest absolute Gasteiger partial charge is 0.257 e. The van der Waals surface area contributed by atoms with Crippen molar-refractivity contribution in [2.45, 2.75) is 33.1 Å². The molecule has 5 rings (SSSR count). The van der Waals surface area contributed by atoms with Gasteiger partial charge in [-0.05, 0) is 55.4 Å². The van der Waals surface area contributed by atoms with E-state index < -0.39 is 0 Å². The number of para-hydroxylation sites is 1. The topological polar surface area (TPSA) is 65.8 Å². The minimum absolute atomic E-state index is 0.207. The van der Waals surface area contributed by atoms with Crippen molar-refractivity contribution in [3.05, 3.63) is 81.7 Å². The number of nitrogens with zero attached hydrogens (tertiary/aromatic N) is 2. The highest BCUT2D eigenvalue weighted by Crippen LogP contribution is 2.39. The Labute approximate surface area is 191 Å². The van der Waals surface area contributed by atoms with Gasteiger partial charge in [0.25, 0.3) is 5.91 Å². The first-order valence-corrected chi connectivity index (χ1v) is 11.7. The summed E-state index contributed by atoms with van der Waals surface area (Å²) < 4.78 is 0. The van der Waals surface area contributed by atoms with Crippen LogP contribution in [0.4, 0.5) is 5.00 Å². The molecule has 2 heterocycles. The Bertz CT molecular complexity index is 1400. The maximum atomic E-state index is 13.5. The fourth-order valence-corrected chi connectivity index (χ4v) is 5.85. The summed E-state index contributed by atoms with van der Waals surface area (Å²) in [4.78, 5) is 19.6. The number of nitrogens with one attached hydrogen (secondary N) is 1. The summed E-state index contributed by atoms with van der Waals surface area (Å²) in [5, 5.41) is 14.3. The number of pyridine rings is 1. The largest absolute Gasteiger partial charge is 0.312 e. The number of hydrogen-bond acceptors (Lipinski definition) is 4. The lowest BCUT2D eigenvalue weighted by atomic mass is 9.88. The first-order chi connectivity index (χ1) is 15.5. The molecule has 1 aliphatic rings. The van der Waals surface area contributed by atoms with E-state index in [1.165, 1.54) is 4.88 Å². The Balaban J connectivity index is 1.59. The highest BCUT2D eigenvalue weighted by atomic mass is 32.1. The van der Waals surface area contributed by atoms with Crippen molar-refractivity contribution in [2.24, 2.45) is 5.92 Å². The standard InChI is InChI=1S/C27H23N3OS/c1-16-11-12-20-22(15-28)27(32-25(20)13-16)30-26(31)21-14-24(18-8-4-3-7-17(18)2)29-23-10-6-5-9-19(21)23/h3-10,14,16H,11-13H2,1-2H3,(H,30,31). The van der Waals surface area contributed by atoms with Crippen LogP contribution in [0.3, 0.4) is 0 Å². The highest BCUT2D eigenvalue weighted by Gasteiger charge is 2.25. The molecule has 1 aliphatic carbocycles. The Morgan fingerprint density at radius 3 is 2.78 bits per heavy atom. The summed E-state index contributed by atoms with van der Waals surface area (Å²) >= 11 is 1.55. The van der Waals surface area contributed by atoms with Gasteiger partial charge in [0.15, 0.2) is 0 Å². The average molecular weight is 438 g/mol. The number of rotatable bonds is 3. The van der Waals surface area contributed by atoms with E-state index in [-0.39, 0.29) is 5.91 Å². The van der Waals surface area contributed by atoms with Gasteiger partial charge in [-0.1, -0.05) is 49.4 Å². The normalized spacial score (nSPS) is 15.2. The van der Waals surface area contributed by atoms with Gasteiger partial charge in [-0.3, -0.25) is 4.79 Å². The zero-order valence-electron chi connectivity index (χ0n) is 18.1. The molecule has 5 heteroatoms. The SMILES string of the molecule is Cc1ccccc1-c1cc(C(=O)Nc2sc3c(c2C#N)CCC(C)C3)c2ccccc2n1. The molecule has 0 saturated carbocycles. The average Bonchev–Trinajstić information content (AvgIpc) is 3.14.